The van der Waals surface area contributed by atoms with E-state index >= 15 is 0 Å². The maximum Gasteiger partial charge on any atom is 0.245 e. The number of imidazole rings is 1. The SMILES string of the molecule is CC(=O)c1c(-c2ccccc2)cc2n(N(C(C)=O)C(C)=O)c3ccccc3n12. The van der Waals surface area contributed by atoms with Gasteiger partial charge >= 0.3 is 0 Å². The number of para-hydroxylation sites is 2. The van der Waals surface area contributed by atoms with Crippen LogP contribution in [0.1, 0.15) is 31.3 Å². The van der Waals surface area contributed by atoms with Crippen molar-refractivity contribution in [1.29, 1.82) is 0 Å². The number of hydrogen-bond donors (Lipinski definition) is 0. The molecule has 4 rings (SSSR count). The molecule has 28 heavy (non-hydrogen) atoms. The summed E-state index contributed by atoms with van der Waals surface area (Å²) in [5.41, 5.74) is 4.17. The predicted molar refractivity (Wildman–Crippen MR) is 108 cm³/mol. The molecule has 0 aliphatic rings. The lowest BCUT2D eigenvalue weighted by Crippen LogP contribution is -2.42. The lowest BCUT2D eigenvalue weighted by Gasteiger charge is -2.19. The van der Waals surface area contributed by atoms with Crippen LogP contribution < -0.4 is 5.01 Å². The molecule has 0 radical (unpaired) electrons. The molecule has 6 heteroatoms. The van der Waals surface area contributed by atoms with E-state index in [-0.39, 0.29) is 5.78 Å². The van der Waals surface area contributed by atoms with Crippen LogP contribution in [-0.2, 0) is 9.59 Å². The molecule has 0 bridgehead atoms. The maximum atomic E-state index is 12.6. The number of ketones is 1. The highest BCUT2D eigenvalue weighted by molar-refractivity contribution is 6.09. The summed E-state index contributed by atoms with van der Waals surface area (Å²) in [5, 5.41) is 1.09. The van der Waals surface area contributed by atoms with Crippen molar-refractivity contribution in [1.82, 2.24) is 9.08 Å². The van der Waals surface area contributed by atoms with Crippen molar-refractivity contribution in [2.75, 3.05) is 5.01 Å². The predicted octanol–water partition coefficient (Wildman–Crippen LogP) is 3.79. The van der Waals surface area contributed by atoms with E-state index in [2.05, 4.69) is 0 Å². The fraction of sp³-hybridized carbons (Fsp3) is 0.136. The van der Waals surface area contributed by atoms with Crippen LogP contribution in [0, 0.1) is 0 Å². The Morgan fingerprint density at radius 3 is 1.93 bits per heavy atom. The molecule has 0 N–H and O–H groups in total. The van der Waals surface area contributed by atoms with Crippen LogP contribution in [-0.4, -0.2) is 26.7 Å². The Labute approximate surface area is 161 Å². The Bertz CT molecular complexity index is 1230. The number of hydrogen-bond acceptors (Lipinski definition) is 3. The second-order valence-electron chi connectivity index (χ2n) is 6.67. The molecule has 0 saturated heterocycles. The van der Waals surface area contributed by atoms with Crippen LogP contribution in [0.3, 0.4) is 0 Å². The number of carbonyl (C=O) groups excluding carboxylic acids is 3. The van der Waals surface area contributed by atoms with E-state index in [1.165, 1.54) is 20.8 Å². The normalized spacial score (nSPS) is 11.1. The molecule has 0 fully saturated rings. The number of carbonyl (C=O) groups is 3. The Morgan fingerprint density at radius 2 is 1.36 bits per heavy atom. The molecule has 2 heterocycles. The number of Topliss-reactive ketones (excluding diaryl/α,β-unsaturated/α-hetero) is 1. The molecule has 2 aromatic carbocycles. The van der Waals surface area contributed by atoms with E-state index in [1.807, 2.05) is 65.1 Å². The van der Waals surface area contributed by atoms with Gasteiger partial charge in [0.25, 0.3) is 0 Å². The number of fused-ring (bicyclic) bond motifs is 3. The third-order valence-electron chi connectivity index (χ3n) is 4.76. The number of nitrogens with zero attached hydrogens (tertiary/aromatic N) is 3. The van der Waals surface area contributed by atoms with E-state index in [0.717, 1.165) is 21.7 Å². The fourth-order valence-electron chi connectivity index (χ4n) is 3.75. The summed E-state index contributed by atoms with van der Waals surface area (Å²) in [6.45, 7) is 4.22. The Kier molecular flexibility index (Phi) is 4.11. The molecular formula is C22H19N3O3. The molecule has 0 atom stereocenters. The lowest BCUT2D eigenvalue weighted by atomic mass is 10.0. The first-order chi connectivity index (χ1) is 13.4. The summed E-state index contributed by atoms with van der Waals surface area (Å²) in [6.07, 6.45) is 0. The number of rotatable bonds is 3. The minimum atomic E-state index is -0.400. The maximum absolute atomic E-state index is 12.6. The summed E-state index contributed by atoms with van der Waals surface area (Å²) in [5.74, 6) is -0.899. The second-order valence-corrected chi connectivity index (χ2v) is 6.67. The standard InChI is InChI=1S/C22H19N3O3/c1-14(26)22-18(17-9-5-4-6-10-17)13-21-23(22)19-11-7-8-12-20(19)25(21)24(15(2)27)16(3)28/h4-13H,1-3H3. The summed E-state index contributed by atoms with van der Waals surface area (Å²) >= 11 is 0. The lowest BCUT2D eigenvalue weighted by molar-refractivity contribution is -0.126. The van der Waals surface area contributed by atoms with Gasteiger partial charge in [0.15, 0.2) is 5.78 Å². The largest absolute Gasteiger partial charge is 0.293 e. The summed E-state index contributed by atoms with van der Waals surface area (Å²) < 4.78 is 3.40. The Morgan fingerprint density at radius 1 is 0.786 bits per heavy atom. The van der Waals surface area contributed by atoms with E-state index in [9.17, 15) is 14.4 Å². The van der Waals surface area contributed by atoms with Crippen LogP contribution in [0.2, 0.25) is 0 Å². The van der Waals surface area contributed by atoms with E-state index in [0.29, 0.717) is 16.9 Å². The van der Waals surface area contributed by atoms with Gasteiger partial charge in [0.05, 0.1) is 16.7 Å². The van der Waals surface area contributed by atoms with Crippen LogP contribution in [0.5, 0.6) is 0 Å². The van der Waals surface area contributed by atoms with Crippen molar-refractivity contribution in [3.8, 4) is 11.1 Å². The molecule has 0 aliphatic heterocycles. The summed E-state index contributed by atoms with van der Waals surface area (Å²) in [6, 6.07) is 18.8. The number of amides is 2. The van der Waals surface area contributed by atoms with Crippen molar-refractivity contribution in [2.45, 2.75) is 20.8 Å². The average molecular weight is 373 g/mol. The van der Waals surface area contributed by atoms with Gasteiger partial charge in [-0.3, -0.25) is 18.8 Å². The second kappa shape index (κ2) is 6.49. The van der Waals surface area contributed by atoms with Gasteiger partial charge < -0.3 is 0 Å². The van der Waals surface area contributed by atoms with Gasteiger partial charge in [-0.25, -0.2) is 4.68 Å². The van der Waals surface area contributed by atoms with Gasteiger partial charge in [-0.15, -0.1) is 0 Å². The van der Waals surface area contributed by atoms with Gasteiger partial charge in [0, 0.05) is 26.3 Å². The quantitative estimate of drug-likeness (QED) is 0.513. The van der Waals surface area contributed by atoms with E-state index in [1.54, 1.807) is 4.68 Å². The number of benzene rings is 2. The third-order valence-corrected chi connectivity index (χ3v) is 4.76. The summed E-state index contributed by atoms with van der Waals surface area (Å²) in [4.78, 5) is 37.2. The van der Waals surface area contributed by atoms with Gasteiger partial charge in [0.2, 0.25) is 11.8 Å². The van der Waals surface area contributed by atoms with Crippen LogP contribution in [0.4, 0.5) is 0 Å². The molecule has 0 saturated carbocycles. The van der Waals surface area contributed by atoms with Gasteiger partial charge in [-0.05, 0) is 23.8 Å². The van der Waals surface area contributed by atoms with E-state index in [4.69, 9.17) is 0 Å². The first kappa shape index (κ1) is 17.7. The Hall–Kier alpha value is -3.67. The monoisotopic (exact) mass is 373 g/mol. The average Bonchev–Trinajstić information content (AvgIpc) is 3.18. The molecular weight excluding hydrogens is 354 g/mol. The molecule has 6 nitrogen and oxygen atoms in total. The molecule has 4 aromatic rings. The Balaban J connectivity index is 2.20. The smallest absolute Gasteiger partial charge is 0.245 e. The van der Waals surface area contributed by atoms with Gasteiger partial charge in [-0.2, -0.15) is 5.01 Å². The highest BCUT2D eigenvalue weighted by atomic mass is 16.2. The van der Waals surface area contributed by atoms with Crippen molar-refractivity contribution in [2.24, 2.45) is 0 Å². The zero-order valence-electron chi connectivity index (χ0n) is 15.8. The van der Waals surface area contributed by atoms with Crippen LogP contribution >= 0.6 is 0 Å². The minimum absolute atomic E-state index is 0.0982. The molecule has 2 amide bonds. The van der Waals surface area contributed by atoms with Crippen LogP contribution in [0.25, 0.3) is 27.8 Å². The summed E-state index contributed by atoms with van der Waals surface area (Å²) in [7, 11) is 0. The van der Waals surface area contributed by atoms with Gasteiger partial charge in [0.1, 0.15) is 5.65 Å². The highest BCUT2D eigenvalue weighted by Gasteiger charge is 2.26. The zero-order chi connectivity index (χ0) is 20.0. The molecule has 0 unspecified atom stereocenters. The van der Waals surface area contributed by atoms with E-state index < -0.39 is 11.8 Å². The van der Waals surface area contributed by atoms with Crippen molar-refractivity contribution >= 4 is 34.3 Å². The van der Waals surface area contributed by atoms with Gasteiger partial charge in [-0.1, -0.05) is 42.5 Å². The van der Waals surface area contributed by atoms with Crippen LogP contribution in [0.15, 0.2) is 60.7 Å². The van der Waals surface area contributed by atoms with Crippen molar-refractivity contribution in [3.63, 3.8) is 0 Å². The fourth-order valence-corrected chi connectivity index (χ4v) is 3.75. The topological polar surface area (TPSA) is 63.8 Å². The highest BCUT2D eigenvalue weighted by Crippen LogP contribution is 2.33. The molecule has 0 aliphatic carbocycles. The van der Waals surface area contributed by atoms with Crippen molar-refractivity contribution < 1.29 is 14.4 Å². The zero-order valence-corrected chi connectivity index (χ0v) is 15.8. The van der Waals surface area contributed by atoms with Crippen molar-refractivity contribution in [3.05, 3.63) is 66.4 Å². The minimum Gasteiger partial charge on any atom is -0.293 e. The third kappa shape index (κ3) is 2.53. The first-order valence-corrected chi connectivity index (χ1v) is 8.94. The number of aromatic nitrogens is 2. The molecule has 140 valence electrons. The molecule has 2 aromatic heterocycles. The first-order valence-electron chi connectivity index (χ1n) is 8.94. The number of imide groups is 1. The molecule has 0 spiro atoms.